The normalized spacial score (nSPS) is 22.4. The van der Waals surface area contributed by atoms with Crippen molar-refractivity contribution in [1.82, 2.24) is 4.90 Å². The highest BCUT2D eigenvalue weighted by Crippen LogP contribution is 2.30. The summed E-state index contributed by atoms with van der Waals surface area (Å²) in [5, 5.41) is 0. The van der Waals surface area contributed by atoms with Gasteiger partial charge in [0.15, 0.2) is 0 Å². The molecular weight excluding hydrogens is 312 g/mol. The Hall–Kier alpha value is -1.69. The van der Waals surface area contributed by atoms with Crippen LogP contribution in [0.2, 0.25) is 0 Å². The first-order valence-corrected chi connectivity index (χ1v) is 6.81. The van der Waals surface area contributed by atoms with Crippen LogP contribution in [-0.2, 0) is 4.79 Å². The van der Waals surface area contributed by atoms with E-state index in [4.69, 9.17) is 0 Å². The van der Waals surface area contributed by atoms with E-state index in [0.717, 1.165) is 4.90 Å². The maximum atomic E-state index is 11.9. The second kappa shape index (κ2) is 4.16. The van der Waals surface area contributed by atoms with Crippen molar-refractivity contribution in [2.45, 2.75) is 11.2 Å². The van der Waals surface area contributed by atoms with Gasteiger partial charge in [-0.3, -0.25) is 19.3 Å². The summed E-state index contributed by atoms with van der Waals surface area (Å²) in [5.74, 6) is -0.589. The third-order valence-electron chi connectivity index (χ3n) is 3.46. The highest BCUT2D eigenvalue weighted by molar-refractivity contribution is 9.09. The number of benzene rings is 1. The fourth-order valence-corrected chi connectivity index (χ4v) is 3.00. The van der Waals surface area contributed by atoms with Crippen LogP contribution in [-0.4, -0.2) is 41.0 Å². The number of carbonyl (C=O) groups excluding carboxylic acids is 3. The Morgan fingerprint density at radius 2 is 1.84 bits per heavy atom. The van der Waals surface area contributed by atoms with Gasteiger partial charge in [-0.2, -0.15) is 0 Å². The van der Waals surface area contributed by atoms with Crippen LogP contribution in [0.5, 0.6) is 0 Å². The maximum Gasteiger partial charge on any atom is 0.261 e. The molecular formula is C13H11BrN2O3. The molecule has 6 heteroatoms. The molecule has 1 fully saturated rings. The summed E-state index contributed by atoms with van der Waals surface area (Å²) in [5.41, 5.74) is 1.44. The summed E-state index contributed by atoms with van der Waals surface area (Å²) in [6.45, 7) is 0.579. The van der Waals surface area contributed by atoms with Gasteiger partial charge in [0.05, 0.1) is 11.1 Å². The van der Waals surface area contributed by atoms with Gasteiger partial charge in [-0.25, -0.2) is 0 Å². The lowest BCUT2D eigenvalue weighted by molar-refractivity contribution is -0.117. The molecule has 0 aliphatic carbocycles. The van der Waals surface area contributed by atoms with Crippen LogP contribution >= 0.6 is 15.9 Å². The number of halogens is 1. The van der Waals surface area contributed by atoms with Crippen LogP contribution in [0.1, 0.15) is 27.1 Å². The van der Waals surface area contributed by atoms with Crippen LogP contribution in [0.4, 0.5) is 5.69 Å². The zero-order valence-electron chi connectivity index (χ0n) is 10.2. The molecule has 3 amide bonds. The van der Waals surface area contributed by atoms with Crippen molar-refractivity contribution in [3.63, 3.8) is 0 Å². The van der Waals surface area contributed by atoms with E-state index in [1.54, 1.807) is 23.1 Å². The van der Waals surface area contributed by atoms with Gasteiger partial charge in [-0.05, 0) is 18.2 Å². The highest BCUT2D eigenvalue weighted by atomic mass is 79.9. The van der Waals surface area contributed by atoms with Gasteiger partial charge in [0.25, 0.3) is 11.8 Å². The number of amides is 3. The summed E-state index contributed by atoms with van der Waals surface area (Å²) in [6, 6.07) is 4.96. The molecule has 1 atom stereocenters. The number of alkyl halides is 1. The van der Waals surface area contributed by atoms with Gasteiger partial charge in [0.2, 0.25) is 5.91 Å². The molecule has 1 aromatic rings. The largest absolute Gasteiger partial charge is 0.311 e. The minimum absolute atomic E-state index is 0.0203. The van der Waals surface area contributed by atoms with Gasteiger partial charge >= 0.3 is 0 Å². The van der Waals surface area contributed by atoms with E-state index < -0.39 is 0 Å². The topological polar surface area (TPSA) is 57.7 Å². The van der Waals surface area contributed by atoms with Gasteiger partial charge < -0.3 is 4.90 Å². The van der Waals surface area contributed by atoms with Crippen molar-refractivity contribution >= 4 is 39.3 Å². The number of nitrogens with zero attached hydrogens (tertiary/aromatic N) is 2. The van der Waals surface area contributed by atoms with Crippen LogP contribution in [0, 0.1) is 0 Å². The van der Waals surface area contributed by atoms with Gasteiger partial charge in [-0.1, -0.05) is 15.9 Å². The maximum absolute atomic E-state index is 11.9. The quantitative estimate of drug-likeness (QED) is 0.580. The fraction of sp³-hybridized carbons (Fsp3) is 0.308. The van der Waals surface area contributed by atoms with Crippen molar-refractivity contribution < 1.29 is 14.4 Å². The molecule has 2 aliphatic rings. The summed E-state index contributed by atoms with van der Waals surface area (Å²) in [4.78, 5) is 38.4. The standard InChI is InChI=1S/C13H11BrN2O3/c1-15-12(18)9-3-2-8(5-10(9)13(15)19)16-6-7(14)4-11(16)17/h2-3,5,7H,4,6H2,1H3. The number of carbonyl (C=O) groups is 3. The molecule has 3 rings (SSSR count). The SMILES string of the molecule is CN1C(=O)c2ccc(N3CC(Br)CC3=O)cc2C1=O. The third-order valence-corrected chi connectivity index (χ3v) is 4.08. The molecule has 0 spiro atoms. The summed E-state index contributed by atoms with van der Waals surface area (Å²) in [6.07, 6.45) is 0.448. The van der Waals surface area contributed by atoms with E-state index in [9.17, 15) is 14.4 Å². The molecule has 5 nitrogen and oxygen atoms in total. The number of fused-ring (bicyclic) bond motifs is 1. The Morgan fingerprint density at radius 1 is 1.16 bits per heavy atom. The molecule has 19 heavy (non-hydrogen) atoms. The molecule has 0 bridgehead atoms. The van der Waals surface area contributed by atoms with Crippen LogP contribution in [0.25, 0.3) is 0 Å². The molecule has 0 aromatic heterocycles. The summed E-state index contributed by atoms with van der Waals surface area (Å²) in [7, 11) is 1.46. The zero-order valence-corrected chi connectivity index (χ0v) is 11.8. The average Bonchev–Trinajstić information content (AvgIpc) is 2.83. The number of imide groups is 1. The van der Waals surface area contributed by atoms with Crippen LogP contribution < -0.4 is 4.90 Å². The Morgan fingerprint density at radius 3 is 2.47 bits per heavy atom. The molecule has 98 valence electrons. The first-order chi connectivity index (χ1) is 8.99. The Kier molecular flexibility index (Phi) is 2.70. The monoisotopic (exact) mass is 322 g/mol. The lowest BCUT2D eigenvalue weighted by Crippen LogP contribution is -2.25. The zero-order chi connectivity index (χ0) is 13.7. The lowest BCUT2D eigenvalue weighted by Gasteiger charge is -2.16. The van der Waals surface area contributed by atoms with E-state index in [2.05, 4.69) is 15.9 Å². The lowest BCUT2D eigenvalue weighted by atomic mass is 10.1. The van der Waals surface area contributed by atoms with Crippen molar-refractivity contribution in [2.75, 3.05) is 18.5 Å². The predicted octanol–water partition coefficient (Wildman–Crippen LogP) is 1.41. The van der Waals surface area contributed by atoms with Crippen molar-refractivity contribution in [1.29, 1.82) is 0 Å². The predicted molar refractivity (Wildman–Crippen MR) is 72.6 cm³/mol. The first kappa shape index (κ1) is 12.3. The van der Waals surface area contributed by atoms with E-state index in [1.807, 2.05) is 0 Å². The Balaban J connectivity index is 2.02. The van der Waals surface area contributed by atoms with Gasteiger partial charge in [0.1, 0.15) is 0 Å². The molecule has 1 unspecified atom stereocenters. The van der Waals surface area contributed by atoms with Crippen molar-refractivity contribution in [2.24, 2.45) is 0 Å². The average molecular weight is 323 g/mol. The fourth-order valence-electron chi connectivity index (χ4n) is 2.43. The van der Waals surface area contributed by atoms with E-state index >= 15 is 0 Å². The smallest absolute Gasteiger partial charge is 0.261 e. The highest BCUT2D eigenvalue weighted by Gasteiger charge is 2.35. The number of hydrogen-bond acceptors (Lipinski definition) is 3. The summed E-state index contributed by atoms with van der Waals surface area (Å²) < 4.78 is 0. The first-order valence-electron chi connectivity index (χ1n) is 5.90. The minimum Gasteiger partial charge on any atom is -0.311 e. The second-order valence-corrected chi connectivity index (χ2v) is 6.00. The molecule has 0 radical (unpaired) electrons. The van der Waals surface area contributed by atoms with E-state index in [0.29, 0.717) is 29.8 Å². The molecule has 2 heterocycles. The number of hydrogen-bond donors (Lipinski definition) is 0. The van der Waals surface area contributed by atoms with Crippen molar-refractivity contribution in [3.05, 3.63) is 29.3 Å². The number of rotatable bonds is 1. The van der Waals surface area contributed by atoms with Gasteiger partial charge in [-0.15, -0.1) is 0 Å². The molecule has 1 saturated heterocycles. The van der Waals surface area contributed by atoms with Crippen molar-refractivity contribution in [3.8, 4) is 0 Å². The van der Waals surface area contributed by atoms with E-state index in [-0.39, 0.29) is 22.5 Å². The molecule has 1 aromatic carbocycles. The Bertz CT molecular complexity index is 614. The Labute approximate surface area is 118 Å². The van der Waals surface area contributed by atoms with Crippen LogP contribution in [0.3, 0.4) is 0 Å². The van der Waals surface area contributed by atoms with E-state index in [1.165, 1.54) is 7.05 Å². The van der Waals surface area contributed by atoms with Crippen LogP contribution in [0.15, 0.2) is 18.2 Å². The molecule has 0 saturated carbocycles. The third kappa shape index (κ3) is 1.78. The van der Waals surface area contributed by atoms with Gasteiger partial charge in [0, 0.05) is 30.5 Å². The summed E-state index contributed by atoms with van der Waals surface area (Å²) >= 11 is 3.42. The molecule has 0 N–H and O–H groups in total. The molecule has 2 aliphatic heterocycles. The second-order valence-electron chi connectivity index (χ2n) is 4.70. The minimum atomic E-state index is -0.316. The number of anilines is 1.